The van der Waals surface area contributed by atoms with E-state index in [-0.39, 0.29) is 18.1 Å². The summed E-state index contributed by atoms with van der Waals surface area (Å²) in [5.41, 5.74) is 1.32. The van der Waals surface area contributed by atoms with E-state index in [1.54, 1.807) is 12.1 Å². The third-order valence-corrected chi connectivity index (χ3v) is 5.34. The normalized spacial score (nSPS) is 19.9. The molecule has 2 heterocycles. The molecule has 1 saturated carbocycles. The molecule has 1 aliphatic carbocycles. The number of nitrogens with one attached hydrogen (secondary N) is 1. The van der Waals surface area contributed by atoms with Crippen LogP contribution in [0.15, 0.2) is 18.3 Å². The molecule has 2 aromatic rings. The Morgan fingerprint density at radius 3 is 2.64 bits per heavy atom. The Bertz CT molecular complexity index is 786. The maximum atomic E-state index is 12.4. The summed E-state index contributed by atoms with van der Waals surface area (Å²) in [6.45, 7) is 3.78. The molecule has 3 rings (SSSR count). The lowest BCUT2D eigenvalue weighted by molar-refractivity contribution is 0.0893. The van der Waals surface area contributed by atoms with Gasteiger partial charge in [-0.25, -0.2) is 9.97 Å². The number of pyridine rings is 1. The van der Waals surface area contributed by atoms with Crippen LogP contribution in [0.4, 0.5) is 0 Å². The highest BCUT2D eigenvalue weighted by atomic mass is 32.1. The third-order valence-electron chi connectivity index (χ3n) is 4.27. The summed E-state index contributed by atoms with van der Waals surface area (Å²) in [5, 5.41) is 12.8. The monoisotopic (exact) mass is 356 g/mol. The second-order valence-corrected chi connectivity index (χ2v) is 7.41. The Morgan fingerprint density at radius 1 is 1.32 bits per heavy atom. The molecule has 130 valence electrons. The van der Waals surface area contributed by atoms with Gasteiger partial charge in [0.05, 0.1) is 16.3 Å². The van der Waals surface area contributed by atoms with E-state index in [1.807, 2.05) is 19.9 Å². The fraction of sp³-hybridized carbons (Fsp3) is 0.444. The summed E-state index contributed by atoms with van der Waals surface area (Å²) in [7, 11) is 0. The van der Waals surface area contributed by atoms with Crippen molar-refractivity contribution in [2.45, 2.75) is 51.7 Å². The Kier molecular flexibility index (Phi) is 5.29. The number of amides is 1. The summed E-state index contributed by atoms with van der Waals surface area (Å²) in [6, 6.07) is 5.63. The van der Waals surface area contributed by atoms with E-state index >= 15 is 0 Å². The zero-order valence-corrected chi connectivity index (χ0v) is 15.1. The average molecular weight is 356 g/mol. The molecule has 1 fully saturated rings. The van der Waals surface area contributed by atoms with Crippen molar-refractivity contribution in [1.82, 2.24) is 15.3 Å². The van der Waals surface area contributed by atoms with Crippen molar-refractivity contribution >= 4 is 17.2 Å². The van der Waals surface area contributed by atoms with Crippen molar-refractivity contribution in [1.29, 1.82) is 5.26 Å². The van der Waals surface area contributed by atoms with Crippen LogP contribution in [0.25, 0.3) is 0 Å². The number of hydrogen-bond donors (Lipinski definition) is 1. The minimum absolute atomic E-state index is 0.0266. The van der Waals surface area contributed by atoms with Gasteiger partial charge in [0.15, 0.2) is 0 Å². The first-order chi connectivity index (χ1) is 12.0. The lowest BCUT2D eigenvalue weighted by Gasteiger charge is -2.29. The van der Waals surface area contributed by atoms with E-state index in [1.165, 1.54) is 17.5 Å². The van der Waals surface area contributed by atoms with E-state index in [0.717, 1.165) is 36.4 Å². The van der Waals surface area contributed by atoms with Gasteiger partial charge in [0.25, 0.3) is 5.91 Å². The summed E-state index contributed by atoms with van der Waals surface area (Å²) in [6.07, 6.45) is 5.11. The van der Waals surface area contributed by atoms with Crippen LogP contribution in [0.2, 0.25) is 0 Å². The van der Waals surface area contributed by atoms with Crippen LogP contribution in [-0.4, -0.2) is 28.0 Å². The van der Waals surface area contributed by atoms with Gasteiger partial charge < -0.3 is 10.1 Å². The van der Waals surface area contributed by atoms with Gasteiger partial charge in [0.2, 0.25) is 5.88 Å². The van der Waals surface area contributed by atoms with E-state index in [4.69, 9.17) is 10.00 Å². The van der Waals surface area contributed by atoms with Crippen LogP contribution in [0, 0.1) is 25.2 Å². The number of nitrogens with zero attached hydrogens (tertiary/aromatic N) is 3. The first-order valence-corrected chi connectivity index (χ1v) is 9.14. The average Bonchev–Trinajstić information content (AvgIpc) is 2.96. The second kappa shape index (κ2) is 7.62. The molecule has 0 saturated heterocycles. The predicted octanol–water partition coefficient (Wildman–Crippen LogP) is 3.15. The number of nitriles is 1. The molecule has 0 spiro atoms. The highest BCUT2D eigenvalue weighted by Crippen LogP contribution is 2.24. The zero-order chi connectivity index (χ0) is 17.8. The number of aryl methyl sites for hydroxylation is 2. The highest BCUT2D eigenvalue weighted by Gasteiger charge is 2.25. The van der Waals surface area contributed by atoms with Gasteiger partial charge in [-0.2, -0.15) is 5.26 Å². The Labute approximate surface area is 150 Å². The van der Waals surface area contributed by atoms with Crippen molar-refractivity contribution in [3.8, 4) is 11.9 Å². The summed E-state index contributed by atoms with van der Waals surface area (Å²) < 4.78 is 5.87. The van der Waals surface area contributed by atoms with Crippen LogP contribution in [-0.2, 0) is 0 Å². The standard InChI is InChI=1S/C18H20N4O2S/c1-11-17(25-12(2)21-11)18(23)22-14-4-6-15(7-5-14)24-16-8-3-13(9-19)10-20-16/h3,8,10,14-15H,4-7H2,1-2H3,(H,22,23). The maximum absolute atomic E-state index is 12.4. The number of carbonyl (C=O) groups excluding carboxylic acids is 1. The summed E-state index contributed by atoms with van der Waals surface area (Å²) in [4.78, 5) is 21.5. The van der Waals surface area contributed by atoms with Crippen LogP contribution in [0.1, 0.15) is 51.6 Å². The van der Waals surface area contributed by atoms with Crippen LogP contribution in [0.3, 0.4) is 0 Å². The van der Waals surface area contributed by atoms with Crippen molar-refractivity contribution in [2.75, 3.05) is 0 Å². The lowest BCUT2D eigenvalue weighted by atomic mass is 9.93. The lowest BCUT2D eigenvalue weighted by Crippen LogP contribution is -2.39. The van der Waals surface area contributed by atoms with Crippen molar-refractivity contribution in [3.05, 3.63) is 39.5 Å². The largest absolute Gasteiger partial charge is 0.474 e. The summed E-state index contributed by atoms with van der Waals surface area (Å²) in [5.74, 6) is 0.517. The van der Waals surface area contributed by atoms with Crippen molar-refractivity contribution in [2.24, 2.45) is 0 Å². The number of rotatable bonds is 4. The maximum Gasteiger partial charge on any atom is 0.263 e. The smallest absolute Gasteiger partial charge is 0.263 e. The molecule has 0 atom stereocenters. The molecule has 7 heteroatoms. The minimum Gasteiger partial charge on any atom is -0.474 e. The molecule has 6 nitrogen and oxygen atoms in total. The Balaban J connectivity index is 1.49. The molecule has 25 heavy (non-hydrogen) atoms. The number of carbonyl (C=O) groups is 1. The molecule has 0 bridgehead atoms. The van der Waals surface area contributed by atoms with E-state index in [9.17, 15) is 4.79 Å². The molecular formula is C18H20N4O2S. The quantitative estimate of drug-likeness (QED) is 0.909. The van der Waals surface area contributed by atoms with Gasteiger partial charge in [-0.3, -0.25) is 4.79 Å². The van der Waals surface area contributed by atoms with Gasteiger partial charge in [-0.05, 0) is 45.6 Å². The van der Waals surface area contributed by atoms with Gasteiger partial charge >= 0.3 is 0 Å². The van der Waals surface area contributed by atoms with E-state index < -0.39 is 0 Å². The fourth-order valence-electron chi connectivity index (χ4n) is 3.00. The minimum atomic E-state index is -0.0266. The Morgan fingerprint density at radius 2 is 2.08 bits per heavy atom. The van der Waals surface area contributed by atoms with Crippen LogP contribution in [0.5, 0.6) is 5.88 Å². The second-order valence-electron chi connectivity index (χ2n) is 6.21. The first kappa shape index (κ1) is 17.4. The zero-order valence-electron chi connectivity index (χ0n) is 14.3. The Hall–Kier alpha value is -2.46. The molecule has 0 unspecified atom stereocenters. The molecular weight excluding hydrogens is 336 g/mol. The number of thiazole rings is 1. The molecule has 1 N–H and O–H groups in total. The van der Waals surface area contributed by atoms with Crippen molar-refractivity contribution < 1.29 is 9.53 Å². The molecule has 1 aliphatic rings. The fourth-order valence-corrected chi connectivity index (χ4v) is 3.83. The van der Waals surface area contributed by atoms with Gasteiger partial charge in [-0.15, -0.1) is 11.3 Å². The van der Waals surface area contributed by atoms with Gasteiger partial charge in [0, 0.05) is 18.3 Å². The predicted molar refractivity (Wildman–Crippen MR) is 94.7 cm³/mol. The molecule has 2 aromatic heterocycles. The third kappa shape index (κ3) is 4.34. The molecule has 0 radical (unpaired) electrons. The van der Waals surface area contributed by atoms with Crippen LogP contribution >= 0.6 is 11.3 Å². The van der Waals surface area contributed by atoms with E-state index in [2.05, 4.69) is 15.3 Å². The number of hydrogen-bond acceptors (Lipinski definition) is 6. The molecule has 0 aromatic carbocycles. The number of ether oxygens (including phenoxy) is 1. The van der Waals surface area contributed by atoms with Gasteiger partial charge in [-0.1, -0.05) is 0 Å². The van der Waals surface area contributed by atoms with E-state index in [0.29, 0.717) is 16.3 Å². The van der Waals surface area contributed by atoms with Crippen molar-refractivity contribution in [3.63, 3.8) is 0 Å². The summed E-state index contributed by atoms with van der Waals surface area (Å²) >= 11 is 1.44. The number of aromatic nitrogens is 2. The van der Waals surface area contributed by atoms with Crippen LogP contribution < -0.4 is 10.1 Å². The molecule has 0 aliphatic heterocycles. The topological polar surface area (TPSA) is 87.9 Å². The molecule has 1 amide bonds. The highest BCUT2D eigenvalue weighted by molar-refractivity contribution is 7.13. The first-order valence-electron chi connectivity index (χ1n) is 8.33. The van der Waals surface area contributed by atoms with Gasteiger partial charge in [0.1, 0.15) is 17.1 Å². The SMILES string of the molecule is Cc1nc(C)c(C(=O)NC2CCC(Oc3ccc(C#N)cn3)CC2)s1.